The van der Waals surface area contributed by atoms with E-state index in [1.165, 1.54) is 0 Å². The minimum absolute atomic E-state index is 0.172. The molecular formula is C22H24N4O2. The minimum atomic E-state index is -0.172. The summed E-state index contributed by atoms with van der Waals surface area (Å²) in [5.74, 6) is 1.05. The molecule has 1 aromatic heterocycles. The molecule has 2 aromatic carbocycles. The second kappa shape index (κ2) is 9.53. The van der Waals surface area contributed by atoms with Gasteiger partial charge in [0.15, 0.2) is 0 Å². The van der Waals surface area contributed by atoms with Crippen molar-refractivity contribution in [2.75, 3.05) is 25.0 Å². The van der Waals surface area contributed by atoms with Gasteiger partial charge in [-0.1, -0.05) is 42.5 Å². The highest BCUT2D eigenvalue weighted by Gasteiger charge is 2.14. The van der Waals surface area contributed by atoms with E-state index >= 15 is 0 Å². The zero-order chi connectivity index (χ0) is 19.8. The Hall–Kier alpha value is -3.38. The van der Waals surface area contributed by atoms with E-state index in [0.717, 1.165) is 22.7 Å². The van der Waals surface area contributed by atoms with Crippen LogP contribution in [0.15, 0.2) is 73.4 Å². The molecule has 0 saturated carbocycles. The van der Waals surface area contributed by atoms with E-state index in [2.05, 4.69) is 22.2 Å². The van der Waals surface area contributed by atoms with Crippen molar-refractivity contribution in [1.29, 1.82) is 0 Å². The molecule has 0 aliphatic carbocycles. The SMILES string of the molecule is C=CCNCC(=O)Nc1nc(-c2ccccc2)cn1-c1cccc(OCC)c1. The molecule has 144 valence electrons. The van der Waals surface area contributed by atoms with E-state index in [4.69, 9.17) is 4.74 Å². The molecule has 0 fully saturated rings. The van der Waals surface area contributed by atoms with Gasteiger partial charge in [0.05, 0.1) is 24.5 Å². The summed E-state index contributed by atoms with van der Waals surface area (Å²) in [7, 11) is 0. The summed E-state index contributed by atoms with van der Waals surface area (Å²) in [6, 6.07) is 17.5. The quantitative estimate of drug-likeness (QED) is 0.442. The lowest BCUT2D eigenvalue weighted by Crippen LogP contribution is -2.29. The third-order valence-corrected chi connectivity index (χ3v) is 4.01. The van der Waals surface area contributed by atoms with Gasteiger partial charge in [0.25, 0.3) is 0 Å². The second-order valence-corrected chi connectivity index (χ2v) is 6.08. The largest absolute Gasteiger partial charge is 0.494 e. The molecule has 6 heteroatoms. The Balaban J connectivity index is 1.94. The first kappa shape index (κ1) is 19.4. The lowest BCUT2D eigenvalue weighted by molar-refractivity contribution is -0.115. The molecule has 1 amide bonds. The van der Waals surface area contributed by atoms with Crippen LogP contribution in [0.2, 0.25) is 0 Å². The van der Waals surface area contributed by atoms with Crippen molar-refractivity contribution in [1.82, 2.24) is 14.9 Å². The van der Waals surface area contributed by atoms with Gasteiger partial charge in [-0.2, -0.15) is 0 Å². The van der Waals surface area contributed by atoms with Gasteiger partial charge in [0.2, 0.25) is 11.9 Å². The zero-order valence-electron chi connectivity index (χ0n) is 15.9. The number of ether oxygens (including phenoxy) is 1. The van der Waals surface area contributed by atoms with Crippen LogP contribution in [0, 0.1) is 0 Å². The Morgan fingerprint density at radius 1 is 1.21 bits per heavy atom. The minimum Gasteiger partial charge on any atom is -0.494 e. The molecule has 0 unspecified atom stereocenters. The number of nitrogens with one attached hydrogen (secondary N) is 2. The normalized spacial score (nSPS) is 10.5. The van der Waals surface area contributed by atoms with Gasteiger partial charge in [-0.05, 0) is 19.1 Å². The zero-order valence-corrected chi connectivity index (χ0v) is 15.9. The lowest BCUT2D eigenvalue weighted by Gasteiger charge is -2.11. The van der Waals surface area contributed by atoms with Gasteiger partial charge in [0, 0.05) is 24.4 Å². The summed E-state index contributed by atoms with van der Waals surface area (Å²) in [6.45, 7) is 6.90. The molecule has 0 spiro atoms. The first-order valence-corrected chi connectivity index (χ1v) is 9.20. The van der Waals surface area contributed by atoms with Crippen molar-refractivity contribution in [3.8, 4) is 22.7 Å². The van der Waals surface area contributed by atoms with Gasteiger partial charge in [0.1, 0.15) is 5.75 Å². The van der Waals surface area contributed by atoms with Crippen LogP contribution in [0.1, 0.15) is 6.92 Å². The van der Waals surface area contributed by atoms with E-state index < -0.39 is 0 Å². The van der Waals surface area contributed by atoms with Gasteiger partial charge in [-0.15, -0.1) is 6.58 Å². The van der Waals surface area contributed by atoms with Gasteiger partial charge in [-0.25, -0.2) is 4.98 Å². The van der Waals surface area contributed by atoms with Crippen LogP contribution in [0.25, 0.3) is 16.9 Å². The number of aromatic nitrogens is 2. The highest BCUT2D eigenvalue weighted by atomic mass is 16.5. The fourth-order valence-corrected chi connectivity index (χ4v) is 2.76. The molecule has 0 atom stereocenters. The lowest BCUT2D eigenvalue weighted by atomic mass is 10.2. The Morgan fingerprint density at radius 2 is 2.04 bits per heavy atom. The average Bonchev–Trinajstić information content (AvgIpc) is 3.13. The summed E-state index contributed by atoms with van der Waals surface area (Å²) in [4.78, 5) is 16.9. The predicted octanol–water partition coefficient (Wildman–Crippen LogP) is 3.65. The van der Waals surface area contributed by atoms with Crippen LogP contribution >= 0.6 is 0 Å². The van der Waals surface area contributed by atoms with Crippen LogP contribution in [0.5, 0.6) is 5.75 Å². The number of anilines is 1. The molecule has 2 N–H and O–H groups in total. The maximum atomic E-state index is 12.3. The molecule has 28 heavy (non-hydrogen) atoms. The third kappa shape index (κ3) is 4.86. The highest BCUT2D eigenvalue weighted by Crippen LogP contribution is 2.26. The molecule has 1 heterocycles. The maximum Gasteiger partial charge on any atom is 0.240 e. The van der Waals surface area contributed by atoms with Crippen molar-refractivity contribution in [3.63, 3.8) is 0 Å². The monoisotopic (exact) mass is 376 g/mol. The number of carbonyl (C=O) groups is 1. The summed E-state index contributed by atoms with van der Waals surface area (Å²) >= 11 is 0. The van der Waals surface area contributed by atoms with Crippen molar-refractivity contribution < 1.29 is 9.53 Å². The van der Waals surface area contributed by atoms with Crippen LogP contribution in [0.4, 0.5) is 5.95 Å². The van der Waals surface area contributed by atoms with E-state index in [1.807, 2.05) is 72.3 Å². The van der Waals surface area contributed by atoms with Gasteiger partial charge < -0.3 is 10.1 Å². The number of hydrogen-bond donors (Lipinski definition) is 2. The summed E-state index contributed by atoms with van der Waals surface area (Å²) in [5, 5.41) is 5.88. The maximum absolute atomic E-state index is 12.3. The molecule has 0 aliphatic rings. The first-order chi connectivity index (χ1) is 13.7. The number of benzene rings is 2. The molecule has 0 bridgehead atoms. The molecule has 3 aromatic rings. The van der Waals surface area contributed by atoms with Crippen molar-refractivity contribution in [2.45, 2.75) is 6.92 Å². The Bertz CT molecular complexity index is 935. The second-order valence-electron chi connectivity index (χ2n) is 6.08. The molecular weight excluding hydrogens is 352 g/mol. The van der Waals surface area contributed by atoms with Crippen molar-refractivity contribution in [3.05, 3.63) is 73.4 Å². The Kier molecular flexibility index (Phi) is 6.59. The van der Waals surface area contributed by atoms with Crippen LogP contribution in [-0.2, 0) is 4.79 Å². The van der Waals surface area contributed by atoms with E-state index in [1.54, 1.807) is 6.08 Å². The fourth-order valence-electron chi connectivity index (χ4n) is 2.76. The molecule has 3 rings (SSSR count). The number of nitrogens with zero attached hydrogens (tertiary/aromatic N) is 2. The number of rotatable bonds is 9. The fraction of sp³-hybridized carbons (Fsp3) is 0.182. The molecule has 0 radical (unpaired) electrons. The van der Waals surface area contributed by atoms with Crippen molar-refractivity contribution in [2.24, 2.45) is 0 Å². The Morgan fingerprint density at radius 3 is 2.79 bits per heavy atom. The van der Waals surface area contributed by atoms with E-state index in [0.29, 0.717) is 19.1 Å². The number of imidazole rings is 1. The van der Waals surface area contributed by atoms with Crippen LogP contribution in [0.3, 0.4) is 0 Å². The van der Waals surface area contributed by atoms with E-state index in [9.17, 15) is 4.79 Å². The third-order valence-electron chi connectivity index (χ3n) is 4.01. The summed E-state index contributed by atoms with van der Waals surface area (Å²) in [6.07, 6.45) is 3.62. The smallest absolute Gasteiger partial charge is 0.240 e. The summed E-state index contributed by atoms with van der Waals surface area (Å²) < 4.78 is 7.46. The van der Waals surface area contributed by atoms with Gasteiger partial charge in [-0.3, -0.25) is 14.7 Å². The highest BCUT2D eigenvalue weighted by molar-refractivity contribution is 5.91. The van der Waals surface area contributed by atoms with Crippen LogP contribution < -0.4 is 15.4 Å². The predicted molar refractivity (Wildman–Crippen MR) is 112 cm³/mol. The first-order valence-electron chi connectivity index (χ1n) is 9.20. The number of hydrogen-bond acceptors (Lipinski definition) is 4. The van der Waals surface area contributed by atoms with Gasteiger partial charge >= 0.3 is 0 Å². The number of amides is 1. The van der Waals surface area contributed by atoms with E-state index in [-0.39, 0.29) is 12.5 Å². The van der Waals surface area contributed by atoms with Crippen molar-refractivity contribution >= 4 is 11.9 Å². The molecule has 6 nitrogen and oxygen atoms in total. The average molecular weight is 376 g/mol. The Labute approximate surface area is 164 Å². The molecule has 0 aliphatic heterocycles. The standard InChI is InChI=1S/C22H24N4O2/c1-3-13-23-15-21(27)25-22-24-20(17-9-6-5-7-10-17)16-26(22)18-11-8-12-19(14-18)28-4-2/h3,5-12,14,16,23H,1,4,13,15H2,2H3,(H,24,25,27). The topological polar surface area (TPSA) is 68.2 Å². The van der Waals surface area contributed by atoms with Crippen LogP contribution in [-0.4, -0.2) is 35.2 Å². The number of carbonyl (C=O) groups excluding carboxylic acids is 1. The molecule has 0 saturated heterocycles. The summed E-state index contributed by atoms with van der Waals surface area (Å²) in [5.41, 5.74) is 2.61.